The van der Waals surface area contributed by atoms with Crippen LogP contribution in [-0.4, -0.2) is 29.9 Å². The average Bonchev–Trinajstić information content (AvgIpc) is 2.81. The van der Waals surface area contributed by atoms with Gasteiger partial charge in [-0.1, -0.05) is 42.5 Å². The van der Waals surface area contributed by atoms with E-state index in [9.17, 15) is 14.0 Å². The summed E-state index contributed by atoms with van der Waals surface area (Å²) < 4.78 is 18.6. The van der Waals surface area contributed by atoms with Crippen LogP contribution in [-0.2, 0) is 22.6 Å². The molecule has 2 N–H and O–H groups in total. The van der Waals surface area contributed by atoms with E-state index in [2.05, 4.69) is 10.6 Å². The molecule has 0 aliphatic carbocycles. The van der Waals surface area contributed by atoms with Gasteiger partial charge < -0.3 is 15.4 Å². The topological polar surface area (TPSA) is 67.4 Å². The number of anilines is 1. The van der Waals surface area contributed by atoms with Crippen molar-refractivity contribution in [3.8, 4) is 5.75 Å². The van der Waals surface area contributed by atoms with Crippen LogP contribution in [0.15, 0.2) is 78.9 Å². The van der Waals surface area contributed by atoms with E-state index >= 15 is 0 Å². The highest BCUT2D eigenvalue weighted by atomic mass is 32.2. The van der Waals surface area contributed by atoms with Gasteiger partial charge in [0.25, 0.3) is 0 Å². The van der Waals surface area contributed by atoms with E-state index in [4.69, 9.17) is 4.74 Å². The second-order valence-corrected chi connectivity index (χ2v) is 8.05. The highest BCUT2D eigenvalue weighted by Gasteiger charge is 2.06. The van der Waals surface area contributed by atoms with E-state index in [-0.39, 0.29) is 29.1 Å². The zero-order chi connectivity index (χ0) is 22.6. The van der Waals surface area contributed by atoms with Crippen LogP contribution in [0.1, 0.15) is 11.1 Å². The minimum atomic E-state index is -0.360. The monoisotopic (exact) mass is 452 g/mol. The molecule has 0 heterocycles. The van der Waals surface area contributed by atoms with Crippen LogP contribution in [0.3, 0.4) is 0 Å². The number of rotatable bonds is 11. The highest BCUT2D eigenvalue weighted by Crippen LogP contribution is 2.14. The molecule has 0 atom stereocenters. The van der Waals surface area contributed by atoms with Gasteiger partial charge in [-0.05, 0) is 53.9 Å². The summed E-state index contributed by atoms with van der Waals surface area (Å²) in [5.74, 6) is 0.438. The number of nitrogens with one attached hydrogen (secondary N) is 2. The first-order valence-electron chi connectivity index (χ1n) is 10.2. The second kappa shape index (κ2) is 12.5. The number of benzene rings is 3. The lowest BCUT2D eigenvalue weighted by Crippen LogP contribution is -2.28. The molecule has 0 radical (unpaired) electrons. The molecule has 2 amide bonds. The lowest BCUT2D eigenvalue weighted by atomic mass is 10.1. The van der Waals surface area contributed by atoms with Gasteiger partial charge in [-0.2, -0.15) is 0 Å². The highest BCUT2D eigenvalue weighted by molar-refractivity contribution is 8.00. The smallest absolute Gasteiger partial charge is 0.234 e. The van der Waals surface area contributed by atoms with E-state index < -0.39 is 0 Å². The molecule has 0 aliphatic rings. The molecule has 0 fully saturated rings. The number of ether oxygens (including phenoxy) is 1. The molecule has 7 heteroatoms. The zero-order valence-electron chi connectivity index (χ0n) is 17.6. The first-order valence-corrected chi connectivity index (χ1v) is 11.4. The van der Waals surface area contributed by atoms with Crippen molar-refractivity contribution in [1.29, 1.82) is 0 Å². The van der Waals surface area contributed by atoms with E-state index in [0.29, 0.717) is 25.3 Å². The van der Waals surface area contributed by atoms with Gasteiger partial charge >= 0.3 is 0 Å². The minimum absolute atomic E-state index is 0.118. The van der Waals surface area contributed by atoms with Crippen LogP contribution in [0.4, 0.5) is 10.1 Å². The van der Waals surface area contributed by atoms with Crippen molar-refractivity contribution in [3.63, 3.8) is 0 Å². The van der Waals surface area contributed by atoms with Crippen LogP contribution < -0.4 is 15.4 Å². The van der Waals surface area contributed by atoms with Crippen LogP contribution >= 0.6 is 11.8 Å². The third-order valence-electron chi connectivity index (χ3n) is 4.50. The molecule has 0 aromatic heterocycles. The molecule has 0 unspecified atom stereocenters. The van der Waals surface area contributed by atoms with Crippen molar-refractivity contribution in [2.45, 2.75) is 13.0 Å². The maximum atomic E-state index is 12.9. The van der Waals surface area contributed by atoms with Crippen molar-refractivity contribution in [1.82, 2.24) is 5.32 Å². The lowest BCUT2D eigenvalue weighted by molar-refractivity contribution is -0.118. The zero-order valence-corrected chi connectivity index (χ0v) is 18.4. The van der Waals surface area contributed by atoms with Crippen molar-refractivity contribution in [3.05, 3.63) is 95.8 Å². The molecule has 3 rings (SSSR count). The van der Waals surface area contributed by atoms with Crippen LogP contribution in [0.5, 0.6) is 5.75 Å². The van der Waals surface area contributed by atoms with Gasteiger partial charge in [-0.15, -0.1) is 11.8 Å². The van der Waals surface area contributed by atoms with Crippen molar-refractivity contribution < 1.29 is 18.7 Å². The van der Waals surface area contributed by atoms with Gasteiger partial charge in [0.2, 0.25) is 11.8 Å². The largest absolute Gasteiger partial charge is 0.489 e. The van der Waals surface area contributed by atoms with Crippen molar-refractivity contribution >= 4 is 29.3 Å². The van der Waals surface area contributed by atoms with Crippen LogP contribution in [0.2, 0.25) is 0 Å². The predicted octanol–water partition coefficient (Wildman–Crippen LogP) is 4.44. The molecule has 5 nitrogen and oxygen atoms in total. The Morgan fingerprint density at radius 3 is 2.22 bits per heavy atom. The SMILES string of the molecule is O=C(CSCC(=O)Nc1ccc(F)cc1)NCCc1ccc(OCc2ccccc2)cc1. The Bertz CT molecular complexity index is 996. The molecule has 0 aliphatic heterocycles. The fourth-order valence-electron chi connectivity index (χ4n) is 2.86. The van der Waals surface area contributed by atoms with Gasteiger partial charge in [0.05, 0.1) is 11.5 Å². The molecule has 0 spiro atoms. The standard InChI is InChI=1S/C25H25FN2O3S/c26-21-8-10-22(11-9-21)28-25(30)18-32-17-24(29)27-15-14-19-6-12-23(13-7-19)31-16-20-4-2-1-3-5-20/h1-13H,14-18H2,(H,27,29)(H,28,30). The van der Waals surface area contributed by atoms with Gasteiger partial charge in [0.15, 0.2) is 0 Å². The minimum Gasteiger partial charge on any atom is -0.489 e. The molecule has 32 heavy (non-hydrogen) atoms. The van der Waals surface area contributed by atoms with Gasteiger partial charge in [-0.25, -0.2) is 4.39 Å². The van der Waals surface area contributed by atoms with Gasteiger partial charge in [0, 0.05) is 12.2 Å². The summed E-state index contributed by atoms with van der Waals surface area (Å²) in [6.45, 7) is 1.04. The molecule has 166 valence electrons. The first kappa shape index (κ1) is 23.3. The Labute approximate surface area is 191 Å². The number of thioether (sulfide) groups is 1. The van der Waals surface area contributed by atoms with Gasteiger partial charge in [-0.3, -0.25) is 9.59 Å². The summed E-state index contributed by atoms with van der Waals surface area (Å²) in [5.41, 5.74) is 2.74. The number of carbonyl (C=O) groups excluding carboxylic acids is 2. The average molecular weight is 453 g/mol. The molecule has 3 aromatic carbocycles. The summed E-state index contributed by atoms with van der Waals surface area (Å²) >= 11 is 1.23. The number of hydrogen-bond acceptors (Lipinski definition) is 4. The quantitative estimate of drug-likeness (QED) is 0.452. The third-order valence-corrected chi connectivity index (χ3v) is 5.43. The molecule has 0 saturated heterocycles. The predicted molar refractivity (Wildman–Crippen MR) is 126 cm³/mol. The number of hydrogen-bond donors (Lipinski definition) is 2. The summed E-state index contributed by atoms with van der Waals surface area (Å²) in [6, 6.07) is 23.4. The normalized spacial score (nSPS) is 10.4. The van der Waals surface area contributed by atoms with E-state index in [1.165, 1.54) is 36.0 Å². The summed E-state index contributed by atoms with van der Waals surface area (Å²) in [7, 11) is 0. The van der Waals surface area contributed by atoms with Gasteiger partial charge in [0.1, 0.15) is 18.2 Å². The van der Waals surface area contributed by atoms with E-state index in [1.54, 1.807) is 0 Å². The Balaban J connectivity index is 1.28. The summed E-state index contributed by atoms with van der Waals surface area (Å²) in [4.78, 5) is 23.8. The molecular weight excluding hydrogens is 427 g/mol. The van der Waals surface area contributed by atoms with Crippen LogP contribution in [0.25, 0.3) is 0 Å². The molecule has 0 saturated carbocycles. The number of halogens is 1. The third kappa shape index (κ3) is 8.43. The summed E-state index contributed by atoms with van der Waals surface area (Å²) in [6.07, 6.45) is 0.709. The Morgan fingerprint density at radius 2 is 1.50 bits per heavy atom. The molecule has 0 bridgehead atoms. The Kier molecular flexibility index (Phi) is 9.13. The van der Waals surface area contributed by atoms with Crippen molar-refractivity contribution in [2.24, 2.45) is 0 Å². The second-order valence-electron chi connectivity index (χ2n) is 7.07. The molecule has 3 aromatic rings. The number of amides is 2. The maximum absolute atomic E-state index is 12.9. The Hall–Kier alpha value is -3.32. The van der Waals surface area contributed by atoms with Crippen molar-refractivity contribution in [2.75, 3.05) is 23.4 Å². The molecular formula is C25H25FN2O3S. The lowest BCUT2D eigenvalue weighted by Gasteiger charge is -2.08. The fraction of sp³-hybridized carbons (Fsp3) is 0.200. The summed E-state index contributed by atoms with van der Waals surface area (Å²) in [5, 5.41) is 5.52. The maximum Gasteiger partial charge on any atom is 0.234 e. The number of carbonyl (C=O) groups is 2. The Morgan fingerprint density at radius 1 is 0.812 bits per heavy atom. The first-order chi connectivity index (χ1) is 15.6. The van der Waals surface area contributed by atoms with Crippen LogP contribution in [0, 0.1) is 5.82 Å². The fourth-order valence-corrected chi connectivity index (χ4v) is 3.50. The van der Waals surface area contributed by atoms with E-state index in [1.807, 2.05) is 54.6 Å². The van der Waals surface area contributed by atoms with E-state index in [0.717, 1.165) is 16.9 Å².